The van der Waals surface area contributed by atoms with E-state index in [1.54, 1.807) is 31.4 Å². The van der Waals surface area contributed by atoms with Crippen molar-refractivity contribution in [1.29, 1.82) is 0 Å². The Kier molecular flexibility index (Phi) is 5.71. The number of aliphatic hydroxyl groups is 1. The third kappa shape index (κ3) is 3.88. The summed E-state index contributed by atoms with van der Waals surface area (Å²) in [6.45, 7) is 0.205. The highest BCUT2D eigenvalue weighted by atomic mass is 79.9. The smallest absolute Gasteiger partial charge is 0.290 e. The fourth-order valence-corrected chi connectivity index (χ4v) is 4.60. The Morgan fingerprint density at radius 2 is 1.79 bits per heavy atom. The van der Waals surface area contributed by atoms with Crippen molar-refractivity contribution in [3.8, 4) is 5.75 Å². The molecule has 5 rings (SSSR count). The maximum atomic E-state index is 13.6. The number of halogens is 1. The molecule has 7 heteroatoms. The number of nitrogens with zero attached hydrogens (tertiary/aromatic N) is 1. The molecule has 0 saturated heterocycles. The number of Topliss-reactive ketones (excluding diaryl/α,β-unsaturated/α-hetero) is 1. The van der Waals surface area contributed by atoms with Crippen LogP contribution in [0, 0.1) is 0 Å². The first-order chi connectivity index (χ1) is 16.5. The van der Waals surface area contributed by atoms with Crippen LogP contribution in [0.5, 0.6) is 5.75 Å². The summed E-state index contributed by atoms with van der Waals surface area (Å²) in [6.07, 6.45) is 0. The average Bonchev–Trinajstić information content (AvgIpc) is 3.39. The molecular formula is C27H20BrNO5. The molecule has 6 nitrogen and oxygen atoms in total. The van der Waals surface area contributed by atoms with Gasteiger partial charge in [-0.25, -0.2) is 0 Å². The van der Waals surface area contributed by atoms with Crippen LogP contribution in [-0.2, 0) is 11.3 Å². The number of furan rings is 1. The fraction of sp³-hybridized carbons (Fsp3) is 0.111. The molecule has 0 spiro atoms. The highest BCUT2D eigenvalue weighted by molar-refractivity contribution is 9.10. The Labute approximate surface area is 204 Å². The van der Waals surface area contributed by atoms with Crippen molar-refractivity contribution in [3.05, 3.63) is 112 Å². The van der Waals surface area contributed by atoms with Gasteiger partial charge in [0.05, 0.1) is 18.7 Å². The van der Waals surface area contributed by atoms with Crippen LogP contribution in [-0.4, -0.2) is 28.8 Å². The van der Waals surface area contributed by atoms with E-state index in [2.05, 4.69) is 15.9 Å². The number of ketones is 1. The van der Waals surface area contributed by atoms with Crippen LogP contribution >= 0.6 is 15.9 Å². The minimum Gasteiger partial charge on any atom is -0.503 e. The van der Waals surface area contributed by atoms with Crippen LogP contribution in [0.2, 0.25) is 0 Å². The molecule has 0 fully saturated rings. The zero-order valence-electron chi connectivity index (χ0n) is 18.2. The highest BCUT2D eigenvalue weighted by Crippen LogP contribution is 2.40. The fourth-order valence-electron chi connectivity index (χ4n) is 4.22. The van der Waals surface area contributed by atoms with Gasteiger partial charge in [-0.1, -0.05) is 58.4 Å². The SMILES string of the molecule is COc1ccc(CN2C(=O)C(O)=C(C(=O)c3cc4cc(Br)ccc4o3)C2c2ccccc2)cc1. The lowest BCUT2D eigenvalue weighted by Gasteiger charge is -2.26. The molecule has 170 valence electrons. The number of hydrogen-bond acceptors (Lipinski definition) is 5. The number of carbonyl (C=O) groups excluding carboxylic acids is 2. The summed E-state index contributed by atoms with van der Waals surface area (Å²) < 4.78 is 11.8. The van der Waals surface area contributed by atoms with E-state index in [1.165, 1.54) is 4.90 Å². The predicted octanol–water partition coefficient (Wildman–Crippen LogP) is 5.98. The van der Waals surface area contributed by atoms with Gasteiger partial charge in [0, 0.05) is 16.4 Å². The molecule has 3 aromatic carbocycles. The lowest BCUT2D eigenvalue weighted by Crippen LogP contribution is -2.30. The Morgan fingerprint density at radius 1 is 1.06 bits per heavy atom. The Hall–Kier alpha value is -3.84. The van der Waals surface area contributed by atoms with Gasteiger partial charge in [0.25, 0.3) is 5.91 Å². The van der Waals surface area contributed by atoms with Crippen LogP contribution in [0.1, 0.15) is 27.7 Å². The molecule has 0 bridgehead atoms. The number of rotatable bonds is 6. The second-order valence-corrected chi connectivity index (χ2v) is 8.89. The molecule has 34 heavy (non-hydrogen) atoms. The molecule has 4 aromatic rings. The van der Waals surface area contributed by atoms with Crippen LogP contribution in [0.25, 0.3) is 11.0 Å². The van der Waals surface area contributed by atoms with Gasteiger partial charge in [0.15, 0.2) is 11.5 Å². The predicted molar refractivity (Wildman–Crippen MR) is 131 cm³/mol. The molecule has 1 atom stereocenters. The van der Waals surface area contributed by atoms with E-state index in [-0.39, 0.29) is 17.9 Å². The molecule has 1 aromatic heterocycles. The van der Waals surface area contributed by atoms with E-state index < -0.39 is 23.5 Å². The third-order valence-corrected chi connectivity index (χ3v) is 6.37. The maximum absolute atomic E-state index is 13.6. The van der Waals surface area contributed by atoms with E-state index in [4.69, 9.17) is 9.15 Å². The molecule has 1 amide bonds. The molecule has 0 radical (unpaired) electrons. The summed E-state index contributed by atoms with van der Waals surface area (Å²) >= 11 is 3.42. The van der Waals surface area contributed by atoms with Crippen molar-refractivity contribution in [3.63, 3.8) is 0 Å². The Morgan fingerprint density at radius 3 is 2.50 bits per heavy atom. The monoisotopic (exact) mass is 517 g/mol. The first kappa shape index (κ1) is 22.0. The van der Waals surface area contributed by atoms with Gasteiger partial charge in [-0.15, -0.1) is 0 Å². The zero-order chi connectivity index (χ0) is 23.8. The van der Waals surface area contributed by atoms with Gasteiger partial charge in [0.2, 0.25) is 5.78 Å². The van der Waals surface area contributed by atoms with Crippen molar-refractivity contribution in [2.75, 3.05) is 7.11 Å². The van der Waals surface area contributed by atoms with E-state index in [0.717, 1.165) is 21.0 Å². The van der Waals surface area contributed by atoms with Crippen molar-refractivity contribution >= 4 is 38.6 Å². The number of carbonyl (C=O) groups is 2. The van der Waals surface area contributed by atoms with Crippen molar-refractivity contribution in [2.45, 2.75) is 12.6 Å². The summed E-state index contributed by atoms with van der Waals surface area (Å²) in [6, 6.07) is 22.8. The van der Waals surface area contributed by atoms with Gasteiger partial charge < -0.3 is 19.2 Å². The summed E-state index contributed by atoms with van der Waals surface area (Å²) in [4.78, 5) is 28.3. The van der Waals surface area contributed by atoms with Gasteiger partial charge in [0.1, 0.15) is 11.3 Å². The lowest BCUT2D eigenvalue weighted by atomic mass is 9.95. The molecule has 0 saturated carbocycles. The largest absolute Gasteiger partial charge is 0.503 e. The van der Waals surface area contributed by atoms with E-state index in [0.29, 0.717) is 11.3 Å². The van der Waals surface area contributed by atoms with Crippen LogP contribution in [0.15, 0.2) is 99.1 Å². The average molecular weight is 518 g/mol. The number of aliphatic hydroxyl groups excluding tert-OH is 1. The summed E-state index contributed by atoms with van der Waals surface area (Å²) in [5, 5.41) is 11.6. The first-order valence-corrected chi connectivity index (χ1v) is 11.4. The second-order valence-electron chi connectivity index (χ2n) is 7.98. The Bertz CT molecular complexity index is 1420. The van der Waals surface area contributed by atoms with Crippen LogP contribution in [0.4, 0.5) is 0 Å². The third-order valence-electron chi connectivity index (χ3n) is 5.88. The number of benzene rings is 3. The second kappa shape index (κ2) is 8.83. The Balaban J connectivity index is 1.56. The quantitative estimate of drug-likeness (QED) is 0.318. The molecule has 1 aliphatic heterocycles. The summed E-state index contributed by atoms with van der Waals surface area (Å²) in [5.74, 6) is -0.927. The zero-order valence-corrected chi connectivity index (χ0v) is 19.8. The van der Waals surface area contributed by atoms with Gasteiger partial charge in [-0.05, 0) is 47.5 Å². The summed E-state index contributed by atoms with van der Waals surface area (Å²) in [5.41, 5.74) is 2.10. The van der Waals surface area contributed by atoms with Gasteiger partial charge in [-0.2, -0.15) is 0 Å². The normalized spacial score (nSPS) is 15.9. The molecule has 2 heterocycles. The van der Waals surface area contributed by atoms with Crippen molar-refractivity contribution in [2.24, 2.45) is 0 Å². The number of fused-ring (bicyclic) bond motifs is 1. The van der Waals surface area contributed by atoms with Crippen LogP contribution in [0.3, 0.4) is 0 Å². The van der Waals surface area contributed by atoms with E-state index in [9.17, 15) is 14.7 Å². The number of hydrogen-bond donors (Lipinski definition) is 1. The molecule has 1 unspecified atom stereocenters. The summed E-state index contributed by atoms with van der Waals surface area (Å²) in [7, 11) is 1.58. The standard InChI is InChI=1S/C27H20BrNO5/c1-33-20-10-7-16(8-11-20)15-29-24(17-5-3-2-4-6-17)23(26(31)27(29)32)25(30)22-14-18-13-19(28)9-12-21(18)34-22/h2-14,24,31H,15H2,1H3. The minimum absolute atomic E-state index is 0.00262. The molecular weight excluding hydrogens is 498 g/mol. The highest BCUT2D eigenvalue weighted by Gasteiger charge is 2.44. The first-order valence-electron chi connectivity index (χ1n) is 10.6. The maximum Gasteiger partial charge on any atom is 0.290 e. The van der Waals surface area contributed by atoms with Crippen molar-refractivity contribution in [1.82, 2.24) is 4.90 Å². The van der Waals surface area contributed by atoms with Gasteiger partial charge in [-0.3, -0.25) is 9.59 Å². The topological polar surface area (TPSA) is 80.0 Å². The molecule has 0 aliphatic carbocycles. The van der Waals surface area contributed by atoms with Gasteiger partial charge >= 0.3 is 0 Å². The molecule has 1 aliphatic rings. The lowest BCUT2D eigenvalue weighted by molar-refractivity contribution is -0.130. The number of amides is 1. The van der Waals surface area contributed by atoms with Crippen LogP contribution < -0.4 is 4.74 Å². The minimum atomic E-state index is -0.761. The number of ether oxygens (including phenoxy) is 1. The van der Waals surface area contributed by atoms with E-state index in [1.807, 2.05) is 54.6 Å². The molecule has 1 N–H and O–H groups in total. The van der Waals surface area contributed by atoms with E-state index >= 15 is 0 Å². The van der Waals surface area contributed by atoms with Crippen molar-refractivity contribution < 1.29 is 23.8 Å². The number of methoxy groups -OCH3 is 1.